The van der Waals surface area contributed by atoms with Gasteiger partial charge in [-0.15, -0.1) is 0 Å². The summed E-state index contributed by atoms with van der Waals surface area (Å²) >= 11 is 0. The number of hydrogen-bond acceptors (Lipinski definition) is 3. The van der Waals surface area contributed by atoms with Gasteiger partial charge in [-0.2, -0.15) is 0 Å². The molecular weight excluding hydrogens is 290 g/mol. The maximum Gasteiger partial charge on any atom is 0.271 e. The minimum atomic E-state index is 0.0429. The standard InChI is InChI=1S/C18H23N3O2/c1-12(2)17-11-14(19-23-17)15-5-3-10-21(15)18(22)16-6-4-9-20(16)13-7-8-13/h4,6,9,11-13,15H,3,5,7-8,10H2,1-2H3. The molecule has 5 nitrogen and oxygen atoms in total. The molecule has 1 amide bonds. The SMILES string of the molecule is CC(C)c1cc(C2CCCN2C(=O)c2cccn2C2CC2)no1. The normalized spacial score (nSPS) is 21.3. The molecule has 3 heterocycles. The van der Waals surface area contributed by atoms with E-state index in [-0.39, 0.29) is 11.9 Å². The van der Waals surface area contributed by atoms with E-state index >= 15 is 0 Å². The fourth-order valence-electron chi connectivity index (χ4n) is 3.44. The maximum absolute atomic E-state index is 13.0. The third-order valence-electron chi connectivity index (χ3n) is 4.91. The summed E-state index contributed by atoms with van der Waals surface area (Å²) in [5.74, 6) is 1.33. The highest BCUT2D eigenvalue weighted by Gasteiger charge is 2.35. The van der Waals surface area contributed by atoms with E-state index in [0.29, 0.717) is 12.0 Å². The van der Waals surface area contributed by atoms with Crippen LogP contribution in [0.4, 0.5) is 0 Å². The van der Waals surface area contributed by atoms with E-state index < -0.39 is 0 Å². The summed E-state index contributed by atoms with van der Waals surface area (Å²) in [6, 6.07) is 6.49. The minimum absolute atomic E-state index is 0.0429. The lowest BCUT2D eigenvalue weighted by Crippen LogP contribution is -2.32. The van der Waals surface area contributed by atoms with Crippen LogP contribution in [0.15, 0.2) is 28.9 Å². The fraction of sp³-hybridized carbons (Fsp3) is 0.556. The molecule has 0 aromatic carbocycles. The van der Waals surface area contributed by atoms with Crippen molar-refractivity contribution in [2.45, 2.75) is 57.5 Å². The summed E-state index contributed by atoms with van der Waals surface area (Å²) in [7, 11) is 0. The molecule has 1 aliphatic carbocycles. The molecule has 0 bridgehead atoms. The third kappa shape index (κ3) is 2.58. The quantitative estimate of drug-likeness (QED) is 0.860. The summed E-state index contributed by atoms with van der Waals surface area (Å²) < 4.78 is 7.57. The van der Waals surface area contributed by atoms with Crippen LogP contribution in [0.3, 0.4) is 0 Å². The second kappa shape index (κ2) is 5.55. The van der Waals surface area contributed by atoms with E-state index in [1.807, 2.05) is 29.3 Å². The molecule has 2 aromatic heterocycles. The lowest BCUT2D eigenvalue weighted by Gasteiger charge is -2.23. The predicted octanol–water partition coefficient (Wildman–Crippen LogP) is 3.91. The van der Waals surface area contributed by atoms with Gasteiger partial charge >= 0.3 is 0 Å². The molecule has 2 aliphatic rings. The molecule has 5 heteroatoms. The molecule has 1 saturated carbocycles. The molecule has 1 unspecified atom stereocenters. The molecule has 0 radical (unpaired) electrons. The third-order valence-corrected chi connectivity index (χ3v) is 4.91. The van der Waals surface area contributed by atoms with Gasteiger partial charge in [0, 0.05) is 30.8 Å². The number of nitrogens with zero attached hydrogens (tertiary/aromatic N) is 3. The first-order chi connectivity index (χ1) is 11.1. The Labute approximate surface area is 136 Å². The molecule has 2 fully saturated rings. The summed E-state index contributed by atoms with van der Waals surface area (Å²) in [5, 5.41) is 4.23. The van der Waals surface area contributed by atoms with Crippen molar-refractivity contribution < 1.29 is 9.32 Å². The van der Waals surface area contributed by atoms with E-state index in [1.165, 1.54) is 12.8 Å². The number of carbonyl (C=O) groups excluding carboxylic acids is 1. The van der Waals surface area contributed by atoms with E-state index in [4.69, 9.17) is 4.52 Å². The summed E-state index contributed by atoms with van der Waals surface area (Å²) in [5.41, 5.74) is 1.70. The second-order valence-corrected chi connectivity index (χ2v) is 7.00. The molecule has 23 heavy (non-hydrogen) atoms. The number of rotatable bonds is 4. The van der Waals surface area contributed by atoms with Crippen LogP contribution < -0.4 is 0 Å². The molecule has 4 rings (SSSR count). The fourth-order valence-corrected chi connectivity index (χ4v) is 3.44. The van der Waals surface area contributed by atoms with Crippen LogP contribution in [0.5, 0.6) is 0 Å². The van der Waals surface area contributed by atoms with E-state index in [9.17, 15) is 4.79 Å². The van der Waals surface area contributed by atoms with Crippen molar-refractivity contribution in [3.8, 4) is 0 Å². The summed E-state index contributed by atoms with van der Waals surface area (Å²) in [6.07, 6.45) is 6.37. The van der Waals surface area contributed by atoms with Crippen LogP contribution >= 0.6 is 0 Å². The Bertz CT molecular complexity index is 711. The Morgan fingerprint density at radius 1 is 1.35 bits per heavy atom. The van der Waals surface area contributed by atoms with Gasteiger partial charge in [0.1, 0.15) is 17.1 Å². The van der Waals surface area contributed by atoms with Gasteiger partial charge in [0.2, 0.25) is 0 Å². The maximum atomic E-state index is 13.0. The molecule has 0 spiro atoms. The van der Waals surface area contributed by atoms with Gasteiger partial charge in [-0.1, -0.05) is 19.0 Å². The number of amides is 1. The van der Waals surface area contributed by atoms with Gasteiger partial charge in [-0.05, 0) is 37.8 Å². The first kappa shape index (κ1) is 14.5. The topological polar surface area (TPSA) is 51.3 Å². The van der Waals surface area contributed by atoms with Crippen LogP contribution in [-0.4, -0.2) is 27.1 Å². The Morgan fingerprint density at radius 2 is 2.17 bits per heavy atom. The van der Waals surface area contributed by atoms with Crippen molar-refractivity contribution in [2.75, 3.05) is 6.54 Å². The first-order valence-corrected chi connectivity index (χ1v) is 8.59. The van der Waals surface area contributed by atoms with Crippen molar-refractivity contribution >= 4 is 5.91 Å². The molecule has 1 saturated heterocycles. The molecule has 1 aliphatic heterocycles. The van der Waals surface area contributed by atoms with Crippen molar-refractivity contribution in [1.82, 2.24) is 14.6 Å². The van der Waals surface area contributed by atoms with Crippen LogP contribution in [0, 0.1) is 0 Å². The van der Waals surface area contributed by atoms with Crippen LogP contribution in [0.25, 0.3) is 0 Å². The van der Waals surface area contributed by atoms with Gasteiger partial charge in [0.25, 0.3) is 5.91 Å². The monoisotopic (exact) mass is 313 g/mol. The van der Waals surface area contributed by atoms with Gasteiger partial charge in [0.05, 0.1) is 6.04 Å². The van der Waals surface area contributed by atoms with Crippen molar-refractivity contribution in [2.24, 2.45) is 0 Å². The zero-order valence-corrected chi connectivity index (χ0v) is 13.7. The van der Waals surface area contributed by atoms with Crippen LogP contribution in [0.1, 0.15) is 79.5 Å². The Hall–Kier alpha value is -2.04. The zero-order chi connectivity index (χ0) is 16.0. The number of likely N-dealkylation sites (tertiary alicyclic amines) is 1. The Balaban J connectivity index is 1.59. The van der Waals surface area contributed by atoms with Gasteiger partial charge in [-0.3, -0.25) is 4.79 Å². The van der Waals surface area contributed by atoms with E-state index in [1.54, 1.807) is 0 Å². The highest BCUT2D eigenvalue weighted by molar-refractivity contribution is 5.93. The predicted molar refractivity (Wildman–Crippen MR) is 86.3 cm³/mol. The lowest BCUT2D eigenvalue weighted by atomic mass is 10.1. The molecule has 122 valence electrons. The first-order valence-electron chi connectivity index (χ1n) is 8.59. The second-order valence-electron chi connectivity index (χ2n) is 7.00. The van der Waals surface area contributed by atoms with Crippen molar-refractivity contribution in [1.29, 1.82) is 0 Å². The number of carbonyl (C=O) groups is 1. The average molecular weight is 313 g/mol. The van der Waals surface area contributed by atoms with Gasteiger partial charge in [0.15, 0.2) is 0 Å². The van der Waals surface area contributed by atoms with E-state index in [2.05, 4.69) is 23.6 Å². The number of aromatic nitrogens is 2. The minimum Gasteiger partial charge on any atom is -0.361 e. The van der Waals surface area contributed by atoms with Crippen LogP contribution in [0.2, 0.25) is 0 Å². The molecule has 0 N–H and O–H groups in total. The highest BCUT2D eigenvalue weighted by Crippen LogP contribution is 2.38. The van der Waals surface area contributed by atoms with Gasteiger partial charge in [-0.25, -0.2) is 0 Å². The molecule has 2 aromatic rings. The molecule has 1 atom stereocenters. The Morgan fingerprint density at radius 3 is 2.87 bits per heavy atom. The molecular formula is C18H23N3O2. The van der Waals surface area contributed by atoms with Gasteiger partial charge < -0.3 is 14.0 Å². The Kier molecular flexibility index (Phi) is 3.51. The zero-order valence-electron chi connectivity index (χ0n) is 13.7. The smallest absolute Gasteiger partial charge is 0.271 e. The van der Waals surface area contributed by atoms with Crippen molar-refractivity contribution in [3.05, 3.63) is 41.5 Å². The summed E-state index contributed by atoms with van der Waals surface area (Å²) in [4.78, 5) is 15.0. The number of hydrogen-bond donors (Lipinski definition) is 0. The van der Waals surface area contributed by atoms with Crippen LogP contribution in [-0.2, 0) is 0 Å². The largest absolute Gasteiger partial charge is 0.361 e. The lowest BCUT2D eigenvalue weighted by molar-refractivity contribution is 0.0719. The van der Waals surface area contributed by atoms with E-state index in [0.717, 1.165) is 36.5 Å². The highest BCUT2D eigenvalue weighted by atomic mass is 16.5. The average Bonchev–Trinajstić information content (AvgIpc) is 3.02. The summed E-state index contributed by atoms with van der Waals surface area (Å²) in [6.45, 7) is 4.97. The van der Waals surface area contributed by atoms with Crippen molar-refractivity contribution in [3.63, 3.8) is 0 Å².